The van der Waals surface area contributed by atoms with Gasteiger partial charge in [0, 0.05) is 13.1 Å². The number of nitrogens with one attached hydrogen (secondary N) is 1. The quantitative estimate of drug-likeness (QED) is 0.901. The molecule has 2 rings (SSSR count). The van der Waals surface area contributed by atoms with Crippen LogP contribution in [0, 0.1) is 0 Å². The Morgan fingerprint density at radius 3 is 2.71 bits per heavy atom. The molecular weight excluding hydrogens is 311 g/mol. The molecule has 0 aromatic heterocycles. The average molecular weight is 333 g/mol. The van der Waals surface area contributed by atoms with Crippen LogP contribution in [-0.4, -0.2) is 43.6 Å². The number of hydrogen-bond donors (Lipinski definition) is 1. The lowest BCUT2D eigenvalue weighted by molar-refractivity contribution is -0.132. The van der Waals surface area contributed by atoms with Crippen molar-refractivity contribution < 1.29 is 9.53 Å². The van der Waals surface area contributed by atoms with Gasteiger partial charge < -0.3 is 15.0 Å². The molecule has 0 atom stereocenters. The van der Waals surface area contributed by atoms with Crippen LogP contribution in [0.4, 0.5) is 0 Å². The van der Waals surface area contributed by atoms with Crippen LogP contribution in [0.1, 0.15) is 19.3 Å². The van der Waals surface area contributed by atoms with Gasteiger partial charge in [-0.2, -0.15) is 0 Å². The van der Waals surface area contributed by atoms with E-state index >= 15 is 0 Å². The lowest BCUT2D eigenvalue weighted by atomic mass is 10.1. The minimum atomic E-state index is 0. The van der Waals surface area contributed by atoms with E-state index in [0.717, 1.165) is 25.9 Å². The molecule has 6 heteroatoms. The van der Waals surface area contributed by atoms with Crippen molar-refractivity contribution in [1.82, 2.24) is 10.2 Å². The molecule has 21 heavy (non-hydrogen) atoms. The van der Waals surface area contributed by atoms with Gasteiger partial charge in [0.1, 0.15) is 5.75 Å². The summed E-state index contributed by atoms with van der Waals surface area (Å²) in [5, 5.41) is 3.88. The van der Waals surface area contributed by atoms with Gasteiger partial charge in [-0.05, 0) is 38.1 Å². The molecule has 0 unspecified atom stereocenters. The zero-order valence-electron chi connectivity index (χ0n) is 12.2. The maximum Gasteiger partial charge on any atom is 0.225 e. The molecule has 1 heterocycles. The third-order valence-electron chi connectivity index (χ3n) is 3.66. The fourth-order valence-corrected chi connectivity index (χ4v) is 2.57. The second kappa shape index (κ2) is 9.13. The largest absolute Gasteiger partial charge is 0.491 e. The lowest BCUT2D eigenvalue weighted by Crippen LogP contribution is -2.44. The minimum Gasteiger partial charge on any atom is -0.491 e. The Bertz CT molecular complexity index is 451. The zero-order chi connectivity index (χ0) is 14.4. The zero-order valence-corrected chi connectivity index (χ0v) is 13.8. The van der Waals surface area contributed by atoms with Gasteiger partial charge >= 0.3 is 0 Å². The number of carbonyl (C=O) groups excluding carboxylic acids is 1. The number of amides is 1. The second-order valence-corrected chi connectivity index (χ2v) is 5.42. The van der Waals surface area contributed by atoms with Crippen LogP contribution < -0.4 is 10.1 Å². The molecule has 0 radical (unpaired) electrons. The fourth-order valence-electron chi connectivity index (χ4n) is 2.38. The number of piperidine rings is 1. The number of benzene rings is 1. The van der Waals surface area contributed by atoms with Crippen LogP contribution in [0.3, 0.4) is 0 Å². The molecule has 1 saturated heterocycles. The predicted molar refractivity (Wildman–Crippen MR) is 87.5 cm³/mol. The van der Waals surface area contributed by atoms with Gasteiger partial charge in [-0.25, -0.2) is 0 Å². The minimum absolute atomic E-state index is 0. The molecule has 0 spiro atoms. The Morgan fingerprint density at radius 1 is 1.38 bits per heavy atom. The molecule has 1 aliphatic rings. The van der Waals surface area contributed by atoms with Crippen molar-refractivity contribution in [1.29, 1.82) is 0 Å². The summed E-state index contributed by atoms with van der Waals surface area (Å²) in [7, 11) is 1.88. The maximum absolute atomic E-state index is 12.1. The molecule has 0 saturated carbocycles. The summed E-state index contributed by atoms with van der Waals surface area (Å²) < 4.78 is 5.55. The first-order chi connectivity index (χ1) is 9.68. The van der Waals surface area contributed by atoms with E-state index in [-0.39, 0.29) is 18.3 Å². The first-order valence-electron chi connectivity index (χ1n) is 7.02. The standard InChI is InChI=1S/C15H21ClN2O2.ClH/c1-18(12-6-9-17-10-7-12)15(19)8-11-20-14-5-3-2-4-13(14)16;/h2-5,12,17H,6-11H2,1H3;1H. The molecule has 1 aromatic carbocycles. The topological polar surface area (TPSA) is 41.6 Å². The number of halogens is 2. The highest BCUT2D eigenvalue weighted by Gasteiger charge is 2.21. The van der Waals surface area contributed by atoms with E-state index in [2.05, 4.69) is 5.32 Å². The van der Waals surface area contributed by atoms with Gasteiger partial charge in [0.15, 0.2) is 0 Å². The van der Waals surface area contributed by atoms with Crippen molar-refractivity contribution in [3.05, 3.63) is 29.3 Å². The number of rotatable bonds is 5. The third-order valence-corrected chi connectivity index (χ3v) is 3.97. The summed E-state index contributed by atoms with van der Waals surface area (Å²) >= 11 is 6.00. The van der Waals surface area contributed by atoms with E-state index < -0.39 is 0 Å². The Kier molecular flexibility index (Phi) is 7.86. The van der Waals surface area contributed by atoms with Crippen molar-refractivity contribution in [3.63, 3.8) is 0 Å². The van der Waals surface area contributed by atoms with E-state index in [1.807, 2.05) is 30.1 Å². The molecule has 1 fully saturated rings. The number of carbonyl (C=O) groups is 1. The Morgan fingerprint density at radius 2 is 2.05 bits per heavy atom. The number of nitrogens with zero attached hydrogens (tertiary/aromatic N) is 1. The van der Waals surface area contributed by atoms with Crippen LogP contribution in [-0.2, 0) is 4.79 Å². The van der Waals surface area contributed by atoms with Gasteiger partial charge in [0.2, 0.25) is 5.91 Å². The lowest BCUT2D eigenvalue weighted by Gasteiger charge is -2.31. The summed E-state index contributed by atoms with van der Waals surface area (Å²) in [6.07, 6.45) is 2.42. The monoisotopic (exact) mass is 332 g/mol. The first kappa shape index (κ1) is 18.1. The molecule has 118 valence electrons. The van der Waals surface area contributed by atoms with Crippen LogP contribution in [0.5, 0.6) is 5.75 Å². The number of ether oxygens (including phenoxy) is 1. The third kappa shape index (κ3) is 5.38. The Hall–Kier alpha value is -0.970. The van der Waals surface area contributed by atoms with Gasteiger partial charge in [-0.1, -0.05) is 23.7 Å². The first-order valence-corrected chi connectivity index (χ1v) is 7.40. The van der Waals surface area contributed by atoms with E-state index in [9.17, 15) is 4.79 Å². The smallest absolute Gasteiger partial charge is 0.225 e. The van der Waals surface area contributed by atoms with E-state index in [0.29, 0.717) is 29.8 Å². The van der Waals surface area contributed by atoms with E-state index in [4.69, 9.17) is 16.3 Å². The van der Waals surface area contributed by atoms with Gasteiger partial charge in [-0.3, -0.25) is 4.79 Å². The molecule has 1 N–H and O–H groups in total. The van der Waals surface area contributed by atoms with Crippen molar-refractivity contribution in [2.75, 3.05) is 26.7 Å². The molecular formula is C15H22Cl2N2O2. The predicted octanol–water partition coefficient (Wildman–Crippen LogP) is 2.74. The highest BCUT2D eigenvalue weighted by molar-refractivity contribution is 6.32. The van der Waals surface area contributed by atoms with Gasteiger partial charge in [-0.15, -0.1) is 12.4 Å². The average Bonchev–Trinajstić information content (AvgIpc) is 2.49. The van der Waals surface area contributed by atoms with E-state index in [1.165, 1.54) is 0 Å². The summed E-state index contributed by atoms with van der Waals surface area (Å²) in [5.74, 6) is 0.760. The summed E-state index contributed by atoms with van der Waals surface area (Å²) in [5.41, 5.74) is 0. The fraction of sp³-hybridized carbons (Fsp3) is 0.533. The van der Waals surface area contributed by atoms with Gasteiger partial charge in [0.05, 0.1) is 18.1 Å². The molecule has 0 aliphatic carbocycles. The van der Waals surface area contributed by atoms with Gasteiger partial charge in [0.25, 0.3) is 0 Å². The highest BCUT2D eigenvalue weighted by atomic mass is 35.5. The summed E-state index contributed by atoms with van der Waals surface area (Å²) in [4.78, 5) is 14.0. The normalized spacial score (nSPS) is 15.1. The molecule has 4 nitrogen and oxygen atoms in total. The van der Waals surface area contributed by atoms with Crippen LogP contribution in [0.15, 0.2) is 24.3 Å². The van der Waals surface area contributed by atoms with E-state index in [1.54, 1.807) is 6.07 Å². The SMILES string of the molecule is CN(C(=O)CCOc1ccccc1Cl)C1CCNCC1.Cl. The number of para-hydroxylation sites is 1. The molecule has 1 aromatic rings. The highest BCUT2D eigenvalue weighted by Crippen LogP contribution is 2.23. The molecule has 1 aliphatic heterocycles. The second-order valence-electron chi connectivity index (χ2n) is 5.01. The summed E-state index contributed by atoms with van der Waals surface area (Å²) in [6, 6.07) is 7.66. The van der Waals surface area contributed by atoms with Crippen molar-refractivity contribution in [3.8, 4) is 5.75 Å². The van der Waals surface area contributed by atoms with Crippen molar-refractivity contribution >= 4 is 29.9 Å². The Labute approximate surface area is 137 Å². The maximum atomic E-state index is 12.1. The van der Waals surface area contributed by atoms with Crippen molar-refractivity contribution in [2.24, 2.45) is 0 Å². The van der Waals surface area contributed by atoms with Crippen LogP contribution in [0.25, 0.3) is 0 Å². The Balaban J connectivity index is 0.00000220. The van der Waals surface area contributed by atoms with Crippen molar-refractivity contribution in [2.45, 2.75) is 25.3 Å². The van der Waals surface area contributed by atoms with Crippen LogP contribution in [0.2, 0.25) is 5.02 Å². The number of hydrogen-bond acceptors (Lipinski definition) is 3. The molecule has 1 amide bonds. The molecule has 0 bridgehead atoms. The summed E-state index contributed by atoms with van der Waals surface area (Å²) in [6.45, 7) is 2.33. The van der Waals surface area contributed by atoms with Crippen LogP contribution >= 0.6 is 24.0 Å².